The normalized spacial score (nSPS) is 22.6. The first kappa shape index (κ1) is 15.4. The zero-order valence-corrected chi connectivity index (χ0v) is 13.2. The van der Waals surface area contributed by atoms with Crippen LogP contribution in [-0.2, 0) is 0 Å². The summed E-state index contributed by atoms with van der Waals surface area (Å²) in [6, 6.07) is 2.30. The Balaban J connectivity index is 2.22. The second kappa shape index (κ2) is 6.20. The number of halogens is 3. The molecule has 1 aromatic rings. The van der Waals surface area contributed by atoms with Gasteiger partial charge in [0.05, 0.1) is 0 Å². The molecule has 0 radical (unpaired) electrons. The van der Waals surface area contributed by atoms with Crippen molar-refractivity contribution in [3.05, 3.63) is 33.8 Å². The lowest BCUT2D eigenvalue weighted by Gasteiger charge is -2.34. The summed E-state index contributed by atoms with van der Waals surface area (Å²) in [6.45, 7) is 2.14. The number of carbonyl (C=O) groups is 1. The lowest BCUT2D eigenvalue weighted by atomic mass is 9.86. The second-order valence-corrected chi connectivity index (χ2v) is 6.50. The van der Waals surface area contributed by atoms with Crippen LogP contribution in [0.15, 0.2) is 16.6 Å². The fraction of sp³-hybridized carbons (Fsp3) is 0.533. The zero-order valence-electron chi connectivity index (χ0n) is 11.6. The van der Waals surface area contributed by atoms with Crippen LogP contribution in [0, 0.1) is 17.6 Å². The Kier molecular flexibility index (Phi) is 4.78. The molecule has 0 N–H and O–H groups in total. The summed E-state index contributed by atoms with van der Waals surface area (Å²) in [5.74, 6) is -1.68. The minimum atomic E-state index is -0.822. The van der Waals surface area contributed by atoms with E-state index in [1.54, 1.807) is 7.05 Å². The van der Waals surface area contributed by atoms with E-state index in [-0.39, 0.29) is 10.5 Å². The van der Waals surface area contributed by atoms with Gasteiger partial charge in [-0.2, -0.15) is 0 Å². The zero-order chi connectivity index (χ0) is 14.9. The minimum Gasteiger partial charge on any atom is -0.339 e. The first-order valence-corrected chi connectivity index (χ1v) is 7.61. The fourth-order valence-corrected chi connectivity index (χ4v) is 3.24. The van der Waals surface area contributed by atoms with Crippen molar-refractivity contribution in [3.8, 4) is 0 Å². The maximum absolute atomic E-state index is 13.8. The van der Waals surface area contributed by atoms with Gasteiger partial charge in [-0.3, -0.25) is 4.79 Å². The van der Waals surface area contributed by atoms with Crippen LogP contribution in [0.3, 0.4) is 0 Å². The summed E-state index contributed by atoms with van der Waals surface area (Å²) in [7, 11) is 1.63. The van der Waals surface area contributed by atoms with Crippen molar-refractivity contribution in [3.63, 3.8) is 0 Å². The molecule has 0 aliphatic heterocycles. The molecule has 110 valence electrons. The largest absolute Gasteiger partial charge is 0.339 e. The van der Waals surface area contributed by atoms with Crippen LogP contribution in [-0.4, -0.2) is 23.9 Å². The Bertz CT molecular complexity index is 498. The van der Waals surface area contributed by atoms with Crippen LogP contribution < -0.4 is 0 Å². The van der Waals surface area contributed by atoms with Gasteiger partial charge in [0.2, 0.25) is 0 Å². The van der Waals surface area contributed by atoms with E-state index in [0.29, 0.717) is 5.92 Å². The van der Waals surface area contributed by atoms with E-state index < -0.39 is 23.1 Å². The van der Waals surface area contributed by atoms with Crippen LogP contribution in [0.4, 0.5) is 8.78 Å². The number of hydrogen-bond donors (Lipinski definition) is 0. The van der Waals surface area contributed by atoms with Crippen LogP contribution in [0.25, 0.3) is 0 Å². The van der Waals surface area contributed by atoms with Crippen LogP contribution in [0.5, 0.6) is 0 Å². The van der Waals surface area contributed by atoms with Crippen molar-refractivity contribution in [2.75, 3.05) is 7.05 Å². The van der Waals surface area contributed by atoms with Crippen molar-refractivity contribution >= 4 is 21.8 Å². The van der Waals surface area contributed by atoms with Gasteiger partial charge < -0.3 is 4.90 Å². The van der Waals surface area contributed by atoms with E-state index >= 15 is 0 Å². The third-order valence-electron chi connectivity index (χ3n) is 4.00. The number of nitrogens with zero attached hydrogens (tertiary/aromatic N) is 1. The van der Waals surface area contributed by atoms with Crippen molar-refractivity contribution in [2.24, 2.45) is 5.92 Å². The quantitative estimate of drug-likeness (QED) is 0.778. The summed E-state index contributed by atoms with van der Waals surface area (Å²) >= 11 is 3.01. The Morgan fingerprint density at radius 2 is 1.90 bits per heavy atom. The van der Waals surface area contributed by atoms with Gasteiger partial charge in [-0.15, -0.1) is 0 Å². The molecular weight excluding hydrogens is 328 g/mol. The minimum absolute atomic E-state index is 0.0636. The summed E-state index contributed by atoms with van der Waals surface area (Å²) in [5.41, 5.74) is -0.464. The molecule has 1 saturated carbocycles. The van der Waals surface area contributed by atoms with Gasteiger partial charge in [-0.05, 0) is 30.9 Å². The van der Waals surface area contributed by atoms with E-state index in [4.69, 9.17) is 0 Å². The van der Waals surface area contributed by atoms with Crippen LogP contribution in [0.1, 0.15) is 43.0 Å². The molecule has 0 spiro atoms. The monoisotopic (exact) mass is 345 g/mol. The molecule has 1 aromatic carbocycles. The number of benzene rings is 1. The average molecular weight is 346 g/mol. The van der Waals surface area contributed by atoms with Crippen LogP contribution >= 0.6 is 15.9 Å². The molecule has 2 nitrogen and oxygen atoms in total. The molecule has 2 rings (SSSR count). The number of rotatable bonds is 2. The van der Waals surface area contributed by atoms with Gasteiger partial charge in [0, 0.05) is 17.6 Å². The van der Waals surface area contributed by atoms with Gasteiger partial charge in [0.15, 0.2) is 0 Å². The predicted molar refractivity (Wildman–Crippen MR) is 77.6 cm³/mol. The number of carbonyl (C=O) groups excluding carboxylic acids is 1. The maximum Gasteiger partial charge on any atom is 0.259 e. The Morgan fingerprint density at radius 1 is 1.30 bits per heavy atom. The molecule has 2 unspecified atom stereocenters. The third-order valence-corrected chi connectivity index (χ3v) is 4.46. The van der Waals surface area contributed by atoms with Crippen molar-refractivity contribution in [2.45, 2.75) is 38.6 Å². The van der Waals surface area contributed by atoms with Gasteiger partial charge in [0.1, 0.15) is 17.2 Å². The Morgan fingerprint density at radius 3 is 2.45 bits per heavy atom. The smallest absolute Gasteiger partial charge is 0.259 e. The molecular formula is C15H18BrF2NO. The van der Waals surface area contributed by atoms with Crippen molar-refractivity contribution in [1.82, 2.24) is 4.90 Å². The van der Waals surface area contributed by atoms with Gasteiger partial charge in [0.25, 0.3) is 5.91 Å². The average Bonchev–Trinajstić information content (AvgIpc) is 2.36. The molecule has 0 heterocycles. The van der Waals surface area contributed by atoms with Gasteiger partial charge in [-0.25, -0.2) is 8.78 Å². The standard InChI is InChI=1S/C15H18BrF2NO/c1-9-4-3-5-11(6-9)19(2)15(20)14-12(17)7-10(16)8-13(14)18/h7-9,11H,3-6H2,1-2H3. The lowest BCUT2D eigenvalue weighted by molar-refractivity contribution is 0.0662. The van der Waals surface area contributed by atoms with E-state index in [1.165, 1.54) is 4.90 Å². The summed E-state index contributed by atoms with van der Waals surface area (Å²) in [5, 5.41) is 0. The lowest BCUT2D eigenvalue weighted by Crippen LogP contribution is -2.40. The molecule has 2 atom stereocenters. The van der Waals surface area contributed by atoms with E-state index in [2.05, 4.69) is 22.9 Å². The highest BCUT2D eigenvalue weighted by atomic mass is 79.9. The fourth-order valence-electron chi connectivity index (χ4n) is 2.84. The third kappa shape index (κ3) is 3.19. The van der Waals surface area contributed by atoms with Gasteiger partial charge >= 0.3 is 0 Å². The highest BCUT2D eigenvalue weighted by molar-refractivity contribution is 9.10. The summed E-state index contributed by atoms with van der Waals surface area (Å²) < 4.78 is 28.0. The van der Waals surface area contributed by atoms with Crippen molar-refractivity contribution in [1.29, 1.82) is 0 Å². The Hall–Kier alpha value is -0.970. The first-order chi connectivity index (χ1) is 9.40. The number of amides is 1. The predicted octanol–water partition coefficient (Wildman–Crippen LogP) is 4.38. The maximum atomic E-state index is 13.8. The van der Waals surface area contributed by atoms with E-state index in [1.807, 2.05) is 0 Å². The highest BCUT2D eigenvalue weighted by Gasteiger charge is 2.29. The molecule has 1 aliphatic rings. The topological polar surface area (TPSA) is 20.3 Å². The Labute approximate surface area is 126 Å². The SMILES string of the molecule is CC1CCCC(N(C)C(=O)c2c(F)cc(Br)cc2F)C1. The molecule has 1 fully saturated rings. The molecule has 0 bridgehead atoms. The van der Waals surface area contributed by atoms with Crippen LogP contribution in [0.2, 0.25) is 0 Å². The summed E-state index contributed by atoms with van der Waals surface area (Å²) in [4.78, 5) is 13.8. The number of hydrogen-bond acceptors (Lipinski definition) is 1. The first-order valence-electron chi connectivity index (χ1n) is 6.82. The van der Waals surface area contributed by atoms with Crippen molar-refractivity contribution < 1.29 is 13.6 Å². The van der Waals surface area contributed by atoms with E-state index in [0.717, 1.165) is 37.8 Å². The molecule has 20 heavy (non-hydrogen) atoms. The second-order valence-electron chi connectivity index (χ2n) is 5.59. The van der Waals surface area contributed by atoms with Gasteiger partial charge in [-0.1, -0.05) is 35.7 Å². The molecule has 1 amide bonds. The highest BCUT2D eigenvalue weighted by Crippen LogP contribution is 2.28. The molecule has 0 aromatic heterocycles. The molecule has 5 heteroatoms. The van der Waals surface area contributed by atoms with E-state index in [9.17, 15) is 13.6 Å². The summed E-state index contributed by atoms with van der Waals surface area (Å²) in [6.07, 6.45) is 3.99. The molecule has 1 aliphatic carbocycles. The molecule has 0 saturated heterocycles.